The molecule has 1 aliphatic rings. The first-order valence-corrected chi connectivity index (χ1v) is 6.93. The predicted molar refractivity (Wildman–Crippen MR) is 73.0 cm³/mol. The third-order valence-corrected chi connectivity index (χ3v) is 3.90. The molecule has 0 bridgehead atoms. The van der Waals surface area contributed by atoms with E-state index in [0.717, 1.165) is 37.3 Å². The van der Waals surface area contributed by atoms with Crippen molar-refractivity contribution >= 4 is 17.4 Å². The second-order valence-corrected chi connectivity index (χ2v) is 5.37. The molecule has 2 rings (SSSR count). The fraction of sp³-hybridized carbons (Fsp3) is 0.692. The summed E-state index contributed by atoms with van der Waals surface area (Å²) >= 11 is 6.03. The van der Waals surface area contributed by atoms with E-state index in [4.69, 9.17) is 11.6 Å². The lowest BCUT2D eigenvalue weighted by Crippen LogP contribution is -2.41. The van der Waals surface area contributed by atoms with Gasteiger partial charge in [0.25, 0.3) is 0 Å². The second kappa shape index (κ2) is 5.41. The summed E-state index contributed by atoms with van der Waals surface area (Å²) in [6.45, 7) is 4.19. The number of aliphatic hydroxyl groups excluding tert-OH is 1. The molecule has 0 radical (unpaired) electrons. The Morgan fingerprint density at radius 1 is 1.39 bits per heavy atom. The maximum Gasteiger partial charge on any atom is 0.135 e. The predicted octanol–water partition coefficient (Wildman–Crippen LogP) is 2.97. The van der Waals surface area contributed by atoms with Crippen LogP contribution >= 0.6 is 11.6 Å². The van der Waals surface area contributed by atoms with E-state index in [0.29, 0.717) is 11.1 Å². The number of nitrogens with zero attached hydrogens (tertiary/aromatic N) is 2. The molecule has 0 saturated heterocycles. The van der Waals surface area contributed by atoms with Crippen molar-refractivity contribution in [3.63, 3.8) is 0 Å². The quantitative estimate of drug-likeness (QED) is 0.780. The summed E-state index contributed by atoms with van der Waals surface area (Å²) in [5.74, 6) is 2.01. The van der Waals surface area contributed by atoms with Gasteiger partial charge in [-0.15, -0.1) is 0 Å². The first kappa shape index (κ1) is 13.6. The van der Waals surface area contributed by atoms with Crippen molar-refractivity contribution in [3.8, 4) is 0 Å². The summed E-state index contributed by atoms with van der Waals surface area (Å²) in [6, 6.07) is 1.73. The SMILES string of the molecule is CCC(CC)(CO)Nc1cc(Cl)nc(C2CC2)n1. The van der Waals surface area contributed by atoms with Crippen molar-refractivity contribution < 1.29 is 5.11 Å². The summed E-state index contributed by atoms with van der Waals surface area (Å²) in [5, 5.41) is 13.3. The fourth-order valence-corrected chi connectivity index (χ4v) is 2.17. The van der Waals surface area contributed by atoms with E-state index in [9.17, 15) is 5.11 Å². The molecule has 0 aliphatic heterocycles. The van der Waals surface area contributed by atoms with Gasteiger partial charge in [0.1, 0.15) is 16.8 Å². The monoisotopic (exact) mass is 269 g/mol. The molecular weight excluding hydrogens is 250 g/mol. The van der Waals surface area contributed by atoms with Crippen LogP contribution in [-0.4, -0.2) is 27.2 Å². The third-order valence-electron chi connectivity index (χ3n) is 3.70. The van der Waals surface area contributed by atoms with Gasteiger partial charge in [0.2, 0.25) is 0 Å². The Bertz CT molecular complexity index is 408. The lowest BCUT2D eigenvalue weighted by atomic mass is 9.94. The average molecular weight is 270 g/mol. The zero-order chi connectivity index (χ0) is 13.2. The smallest absolute Gasteiger partial charge is 0.135 e. The number of nitrogens with one attached hydrogen (secondary N) is 1. The highest BCUT2D eigenvalue weighted by atomic mass is 35.5. The highest BCUT2D eigenvalue weighted by Gasteiger charge is 2.29. The molecule has 0 atom stereocenters. The normalized spacial score (nSPS) is 15.8. The lowest BCUT2D eigenvalue weighted by Gasteiger charge is -2.31. The van der Waals surface area contributed by atoms with E-state index in [2.05, 4.69) is 29.1 Å². The molecule has 1 aliphatic carbocycles. The fourth-order valence-electron chi connectivity index (χ4n) is 1.98. The van der Waals surface area contributed by atoms with Crippen LogP contribution < -0.4 is 5.32 Å². The van der Waals surface area contributed by atoms with Gasteiger partial charge in [-0.05, 0) is 25.7 Å². The minimum Gasteiger partial charge on any atom is -0.394 e. The molecule has 1 saturated carbocycles. The first-order chi connectivity index (χ1) is 8.62. The van der Waals surface area contributed by atoms with Crippen molar-refractivity contribution in [2.24, 2.45) is 0 Å². The average Bonchev–Trinajstić information content (AvgIpc) is 3.20. The molecule has 0 spiro atoms. The molecule has 100 valence electrons. The van der Waals surface area contributed by atoms with Crippen LogP contribution in [0.15, 0.2) is 6.07 Å². The van der Waals surface area contributed by atoms with Crippen LogP contribution in [0.25, 0.3) is 0 Å². The molecule has 1 aromatic heterocycles. The Morgan fingerprint density at radius 2 is 2.06 bits per heavy atom. The standard InChI is InChI=1S/C13H20ClN3O/c1-3-13(4-2,8-18)17-11-7-10(14)15-12(16-11)9-5-6-9/h7,9,18H,3-6,8H2,1-2H3,(H,15,16,17). The maximum atomic E-state index is 9.56. The van der Waals surface area contributed by atoms with Crippen molar-refractivity contribution in [2.75, 3.05) is 11.9 Å². The van der Waals surface area contributed by atoms with Crippen LogP contribution in [0, 0.1) is 0 Å². The van der Waals surface area contributed by atoms with E-state index >= 15 is 0 Å². The maximum absolute atomic E-state index is 9.56. The summed E-state index contributed by atoms with van der Waals surface area (Å²) in [6.07, 6.45) is 3.96. The summed E-state index contributed by atoms with van der Waals surface area (Å²) in [4.78, 5) is 8.76. The molecule has 1 aromatic rings. The largest absolute Gasteiger partial charge is 0.394 e. The number of aliphatic hydroxyl groups is 1. The van der Waals surface area contributed by atoms with Crippen molar-refractivity contribution in [1.29, 1.82) is 0 Å². The van der Waals surface area contributed by atoms with Gasteiger partial charge in [-0.1, -0.05) is 25.4 Å². The molecule has 0 unspecified atom stereocenters. The van der Waals surface area contributed by atoms with Gasteiger partial charge in [0, 0.05) is 12.0 Å². The molecule has 18 heavy (non-hydrogen) atoms. The van der Waals surface area contributed by atoms with Gasteiger partial charge < -0.3 is 10.4 Å². The number of rotatable bonds is 6. The zero-order valence-corrected chi connectivity index (χ0v) is 11.7. The molecule has 2 N–H and O–H groups in total. The molecule has 1 fully saturated rings. The minimum atomic E-state index is -0.321. The highest BCUT2D eigenvalue weighted by Crippen LogP contribution is 2.39. The minimum absolute atomic E-state index is 0.0837. The van der Waals surface area contributed by atoms with Crippen LogP contribution in [0.1, 0.15) is 51.3 Å². The van der Waals surface area contributed by atoms with Crippen LogP contribution in [-0.2, 0) is 0 Å². The number of hydrogen-bond acceptors (Lipinski definition) is 4. The van der Waals surface area contributed by atoms with Gasteiger partial charge in [-0.25, -0.2) is 9.97 Å². The van der Waals surface area contributed by atoms with Crippen LogP contribution in [0.3, 0.4) is 0 Å². The van der Waals surface area contributed by atoms with Gasteiger partial charge in [0.05, 0.1) is 12.1 Å². The summed E-state index contributed by atoms with van der Waals surface area (Å²) < 4.78 is 0. The molecule has 1 heterocycles. The van der Waals surface area contributed by atoms with Gasteiger partial charge in [0.15, 0.2) is 0 Å². The van der Waals surface area contributed by atoms with E-state index < -0.39 is 0 Å². The Labute approximate surface area is 113 Å². The number of aromatic nitrogens is 2. The molecule has 0 amide bonds. The number of hydrogen-bond donors (Lipinski definition) is 2. The molecular formula is C13H20ClN3O. The number of anilines is 1. The Balaban J connectivity index is 2.21. The van der Waals surface area contributed by atoms with E-state index in [-0.39, 0.29) is 12.1 Å². The van der Waals surface area contributed by atoms with Crippen LogP contribution in [0.4, 0.5) is 5.82 Å². The van der Waals surface area contributed by atoms with Crippen molar-refractivity contribution in [3.05, 3.63) is 17.0 Å². The van der Waals surface area contributed by atoms with E-state index in [1.807, 2.05) is 0 Å². The van der Waals surface area contributed by atoms with Crippen LogP contribution in [0.2, 0.25) is 5.15 Å². The first-order valence-electron chi connectivity index (χ1n) is 6.56. The highest BCUT2D eigenvalue weighted by molar-refractivity contribution is 6.29. The van der Waals surface area contributed by atoms with Crippen LogP contribution in [0.5, 0.6) is 0 Å². The Morgan fingerprint density at radius 3 is 2.56 bits per heavy atom. The molecule has 5 heteroatoms. The summed E-state index contributed by atoms with van der Waals surface area (Å²) in [7, 11) is 0. The van der Waals surface area contributed by atoms with Gasteiger partial charge in [-0.3, -0.25) is 0 Å². The zero-order valence-electron chi connectivity index (χ0n) is 10.9. The Hall–Kier alpha value is -0.870. The van der Waals surface area contributed by atoms with Crippen molar-refractivity contribution in [2.45, 2.75) is 51.0 Å². The van der Waals surface area contributed by atoms with Gasteiger partial charge in [-0.2, -0.15) is 0 Å². The molecule has 0 aromatic carbocycles. The second-order valence-electron chi connectivity index (χ2n) is 4.98. The summed E-state index contributed by atoms with van der Waals surface area (Å²) in [5.41, 5.74) is -0.321. The van der Waals surface area contributed by atoms with E-state index in [1.54, 1.807) is 6.07 Å². The topological polar surface area (TPSA) is 58.0 Å². The number of halogens is 1. The van der Waals surface area contributed by atoms with E-state index in [1.165, 1.54) is 0 Å². The molecule has 4 nitrogen and oxygen atoms in total. The Kier molecular flexibility index (Phi) is 4.07. The third kappa shape index (κ3) is 2.93. The van der Waals surface area contributed by atoms with Gasteiger partial charge >= 0.3 is 0 Å². The van der Waals surface area contributed by atoms with Crippen molar-refractivity contribution in [1.82, 2.24) is 9.97 Å². The lowest BCUT2D eigenvalue weighted by molar-refractivity contribution is 0.202.